The van der Waals surface area contributed by atoms with Gasteiger partial charge in [-0.15, -0.1) is 0 Å². The molecular formula is C11H18Cl2N4S. The van der Waals surface area contributed by atoms with Gasteiger partial charge in [0.05, 0.1) is 5.69 Å². The highest BCUT2D eigenvalue weighted by molar-refractivity contribution is 7.80. The number of rotatable bonds is 6. The van der Waals surface area contributed by atoms with Crippen molar-refractivity contribution in [1.29, 1.82) is 0 Å². The Balaban J connectivity index is 2.25. The Morgan fingerprint density at radius 2 is 2.00 bits per heavy atom. The summed E-state index contributed by atoms with van der Waals surface area (Å²) in [6.45, 7) is 6.33. The van der Waals surface area contributed by atoms with Gasteiger partial charge in [-0.3, -0.25) is 4.68 Å². The Morgan fingerprint density at radius 3 is 2.56 bits per heavy atom. The van der Waals surface area contributed by atoms with Crippen molar-refractivity contribution in [2.75, 3.05) is 13.1 Å². The number of hydrogen-bond donors (Lipinski definition) is 2. The van der Waals surface area contributed by atoms with Crippen molar-refractivity contribution in [3.05, 3.63) is 15.9 Å². The van der Waals surface area contributed by atoms with Crippen LogP contribution in [-0.4, -0.2) is 28.0 Å². The van der Waals surface area contributed by atoms with E-state index in [9.17, 15) is 0 Å². The highest BCUT2D eigenvalue weighted by Crippen LogP contribution is 2.24. The monoisotopic (exact) mass is 308 g/mol. The Bertz CT molecular complexity index is 406. The molecule has 1 rings (SSSR count). The number of aromatic nitrogens is 2. The molecule has 0 saturated carbocycles. The van der Waals surface area contributed by atoms with Gasteiger partial charge in [0.15, 0.2) is 5.11 Å². The van der Waals surface area contributed by atoms with E-state index >= 15 is 0 Å². The zero-order chi connectivity index (χ0) is 13.5. The van der Waals surface area contributed by atoms with E-state index in [1.807, 2.05) is 6.92 Å². The lowest BCUT2D eigenvalue weighted by atomic mass is 10.4. The van der Waals surface area contributed by atoms with Crippen molar-refractivity contribution in [2.45, 2.75) is 33.2 Å². The van der Waals surface area contributed by atoms with E-state index in [0.29, 0.717) is 15.3 Å². The van der Waals surface area contributed by atoms with Crippen LogP contribution in [0.3, 0.4) is 0 Å². The van der Waals surface area contributed by atoms with E-state index in [0.717, 1.165) is 38.2 Å². The number of aryl methyl sites for hydroxylation is 2. The fraction of sp³-hybridized carbons (Fsp3) is 0.636. The van der Waals surface area contributed by atoms with Crippen LogP contribution >= 0.6 is 35.4 Å². The topological polar surface area (TPSA) is 41.9 Å². The van der Waals surface area contributed by atoms with Gasteiger partial charge in [-0.1, -0.05) is 30.1 Å². The Hall–Kier alpha value is -0.520. The fourth-order valence-electron chi connectivity index (χ4n) is 1.41. The summed E-state index contributed by atoms with van der Waals surface area (Å²) >= 11 is 17.1. The largest absolute Gasteiger partial charge is 0.363 e. The SMILES string of the molecule is CCCNC(=S)NCCCn1nc(C)c(Cl)c1Cl. The maximum absolute atomic E-state index is 6.03. The van der Waals surface area contributed by atoms with Crippen LogP contribution < -0.4 is 10.6 Å². The molecule has 1 aromatic heterocycles. The summed E-state index contributed by atoms with van der Waals surface area (Å²) in [6, 6.07) is 0. The Morgan fingerprint density at radius 1 is 1.33 bits per heavy atom. The zero-order valence-electron chi connectivity index (χ0n) is 10.6. The first kappa shape index (κ1) is 15.5. The van der Waals surface area contributed by atoms with Crippen molar-refractivity contribution in [2.24, 2.45) is 0 Å². The van der Waals surface area contributed by atoms with Crippen molar-refractivity contribution in [3.63, 3.8) is 0 Å². The second-order valence-electron chi connectivity index (χ2n) is 3.95. The number of hydrogen-bond acceptors (Lipinski definition) is 2. The molecule has 0 atom stereocenters. The minimum atomic E-state index is 0.501. The first-order chi connectivity index (χ1) is 8.56. The van der Waals surface area contributed by atoms with Crippen LogP contribution in [0.2, 0.25) is 10.2 Å². The van der Waals surface area contributed by atoms with Gasteiger partial charge in [-0.25, -0.2) is 0 Å². The summed E-state index contributed by atoms with van der Waals surface area (Å²) in [5.74, 6) is 0. The molecule has 0 aliphatic carbocycles. The molecule has 0 fully saturated rings. The molecule has 0 unspecified atom stereocenters. The van der Waals surface area contributed by atoms with Gasteiger partial charge < -0.3 is 10.6 Å². The Labute approximate surface area is 123 Å². The second kappa shape index (κ2) is 7.81. The van der Waals surface area contributed by atoms with Crippen LogP contribution in [0.4, 0.5) is 0 Å². The molecule has 0 aromatic carbocycles. The summed E-state index contributed by atoms with van der Waals surface area (Å²) in [5, 5.41) is 12.2. The number of halogens is 2. The van der Waals surface area contributed by atoms with Gasteiger partial charge in [0.25, 0.3) is 0 Å². The lowest BCUT2D eigenvalue weighted by Crippen LogP contribution is -2.36. The average molecular weight is 309 g/mol. The molecule has 102 valence electrons. The summed E-state index contributed by atoms with van der Waals surface area (Å²) in [6.07, 6.45) is 1.94. The van der Waals surface area contributed by atoms with Crippen LogP contribution in [0.1, 0.15) is 25.5 Å². The average Bonchev–Trinajstić information content (AvgIpc) is 2.60. The smallest absolute Gasteiger partial charge is 0.166 e. The summed E-state index contributed by atoms with van der Waals surface area (Å²) in [4.78, 5) is 0. The van der Waals surface area contributed by atoms with Crippen LogP contribution in [0.5, 0.6) is 0 Å². The molecule has 1 heterocycles. The van der Waals surface area contributed by atoms with E-state index in [1.165, 1.54) is 0 Å². The molecule has 7 heteroatoms. The van der Waals surface area contributed by atoms with Crippen LogP contribution in [0, 0.1) is 6.92 Å². The minimum Gasteiger partial charge on any atom is -0.363 e. The molecule has 2 N–H and O–H groups in total. The highest BCUT2D eigenvalue weighted by atomic mass is 35.5. The third-order valence-corrected chi connectivity index (χ3v) is 3.59. The predicted octanol–water partition coefficient (Wildman–Crippen LogP) is 2.76. The normalized spacial score (nSPS) is 10.4. The van der Waals surface area contributed by atoms with Gasteiger partial charge in [-0.2, -0.15) is 5.10 Å². The molecule has 0 aliphatic rings. The van der Waals surface area contributed by atoms with Crippen LogP contribution in [-0.2, 0) is 6.54 Å². The van der Waals surface area contributed by atoms with E-state index in [4.69, 9.17) is 35.4 Å². The minimum absolute atomic E-state index is 0.501. The molecule has 0 aliphatic heterocycles. The van der Waals surface area contributed by atoms with Crippen molar-refractivity contribution in [3.8, 4) is 0 Å². The first-order valence-corrected chi connectivity index (χ1v) is 7.12. The van der Waals surface area contributed by atoms with Crippen molar-refractivity contribution in [1.82, 2.24) is 20.4 Å². The van der Waals surface area contributed by atoms with Crippen LogP contribution in [0.25, 0.3) is 0 Å². The van der Waals surface area contributed by atoms with E-state index in [1.54, 1.807) is 4.68 Å². The summed E-state index contributed by atoms with van der Waals surface area (Å²) in [7, 11) is 0. The van der Waals surface area contributed by atoms with E-state index in [-0.39, 0.29) is 0 Å². The van der Waals surface area contributed by atoms with Crippen molar-refractivity contribution >= 4 is 40.5 Å². The number of thiocarbonyl (C=S) groups is 1. The quantitative estimate of drug-likeness (QED) is 0.626. The van der Waals surface area contributed by atoms with Gasteiger partial charge >= 0.3 is 0 Å². The molecule has 0 radical (unpaired) electrons. The zero-order valence-corrected chi connectivity index (χ0v) is 12.9. The predicted molar refractivity (Wildman–Crippen MR) is 80.5 cm³/mol. The van der Waals surface area contributed by atoms with E-state index < -0.39 is 0 Å². The fourth-order valence-corrected chi connectivity index (χ4v) is 2.01. The second-order valence-corrected chi connectivity index (χ2v) is 5.09. The first-order valence-electron chi connectivity index (χ1n) is 5.96. The third kappa shape index (κ3) is 4.63. The lowest BCUT2D eigenvalue weighted by molar-refractivity contribution is 0.569. The number of nitrogens with one attached hydrogen (secondary N) is 2. The standard InChI is InChI=1S/C11H18Cl2N4S/c1-3-5-14-11(18)15-6-4-7-17-10(13)9(12)8(2)16-17/h3-7H2,1-2H3,(H2,14,15,18). The van der Waals surface area contributed by atoms with Gasteiger partial charge in [0.1, 0.15) is 10.2 Å². The summed E-state index contributed by atoms with van der Waals surface area (Å²) < 4.78 is 1.71. The summed E-state index contributed by atoms with van der Waals surface area (Å²) in [5.41, 5.74) is 0.759. The van der Waals surface area contributed by atoms with Gasteiger partial charge in [-0.05, 0) is 32.0 Å². The molecule has 0 amide bonds. The van der Waals surface area contributed by atoms with Crippen molar-refractivity contribution < 1.29 is 0 Å². The third-order valence-electron chi connectivity index (χ3n) is 2.36. The maximum Gasteiger partial charge on any atom is 0.166 e. The maximum atomic E-state index is 6.03. The van der Waals surface area contributed by atoms with E-state index in [2.05, 4.69) is 22.7 Å². The van der Waals surface area contributed by atoms with Gasteiger partial charge in [0.2, 0.25) is 0 Å². The molecular weight excluding hydrogens is 291 g/mol. The molecule has 0 bridgehead atoms. The lowest BCUT2D eigenvalue weighted by Gasteiger charge is -2.09. The molecule has 1 aromatic rings. The number of nitrogens with zero attached hydrogens (tertiary/aromatic N) is 2. The molecule has 4 nitrogen and oxygen atoms in total. The Kier molecular flexibility index (Phi) is 6.75. The van der Waals surface area contributed by atoms with Crippen LogP contribution in [0.15, 0.2) is 0 Å². The highest BCUT2D eigenvalue weighted by Gasteiger charge is 2.10. The molecule has 0 spiro atoms. The molecule has 0 saturated heterocycles. The van der Waals surface area contributed by atoms with Gasteiger partial charge in [0, 0.05) is 19.6 Å². The molecule has 18 heavy (non-hydrogen) atoms.